The monoisotopic (exact) mass is 376 g/mol. The lowest BCUT2D eigenvalue weighted by atomic mass is 10.1. The van der Waals surface area contributed by atoms with Crippen molar-refractivity contribution < 1.29 is 14.3 Å². The SMILES string of the molecule is COc1ccc(/C=C/C(=O)c2cc(C)nn2C)cc1COc1ccc(C)cc1. The molecular formula is C23H24N2O3. The summed E-state index contributed by atoms with van der Waals surface area (Å²) >= 11 is 0. The normalized spacial score (nSPS) is 11.0. The Morgan fingerprint density at radius 2 is 1.86 bits per heavy atom. The number of methoxy groups -OCH3 is 1. The van der Waals surface area contributed by atoms with Gasteiger partial charge in [-0.1, -0.05) is 29.8 Å². The number of ether oxygens (including phenoxy) is 2. The van der Waals surface area contributed by atoms with E-state index in [1.165, 1.54) is 5.56 Å². The lowest BCUT2D eigenvalue weighted by molar-refractivity contribution is 0.103. The maximum absolute atomic E-state index is 12.4. The van der Waals surface area contributed by atoms with E-state index in [0.717, 1.165) is 28.3 Å². The van der Waals surface area contributed by atoms with Crippen LogP contribution in [0.4, 0.5) is 0 Å². The average molecular weight is 376 g/mol. The fraction of sp³-hybridized carbons (Fsp3) is 0.217. The predicted molar refractivity (Wildman–Crippen MR) is 110 cm³/mol. The predicted octanol–water partition coefficient (Wildman–Crippen LogP) is 4.52. The van der Waals surface area contributed by atoms with Crippen molar-refractivity contribution >= 4 is 11.9 Å². The Kier molecular flexibility index (Phi) is 5.94. The number of ketones is 1. The van der Waals surface area contributed by atoms with Crippen molar-refractivity contribution in [3.05, 3.63) is 82.7 Å². The zero-order chi connectivity index (χ0) is 20.1. The van der Waals surface area contributed by atoms with Crippen LogP contribution in [0.3, 0.4) is 0 Å². The van der Waals surface area contributed by atoms with Gasteiger partial charge < -0.3 is 9.47 Å². The number of hydrogen-bond acceptors (Lipinski definition) is 4. The third-order valence-corrected chi connectivity index (χ3v) is 4.40. The molecule has 1 aromatic heterocycles. The standard InChI is InChI=1S/C23H24N2O3/c1-16-5-9-20(10-6-16)28-15-19-14-18(8-12-23(19)27-4)7-11-22(26)21-13-17(2)24-25(21)3/h5-14H,15H2,1-4H3/b11-7+. The van der Waals surface area contributed by atoms with Gasteiger partial charge in [0.2, 0.25) is 5.78 Å². The molecule has 0 saturated carbocycles. The molecule has 3 rings (SSSR count). The van der Waals surface area contributed by atoms with Crippen LogP contribution in [0.15, 0.2) is 54.6 Å². The summed E-state index contributed by atoms with van der Waals surface area (Å²) in [6, 6.07) is 15.4. The van der Waals surface area contributed by atoms with Crippen LogP contribution in [0, 0.1) is 13.8 Å². The zero-order valence-corrected chi connectivity index (χ0v) is 16.6. The maximum Gasteiger partial charge on any atom is 0.203 e. The summed E-state index contributed by atoms with van der Waals surface area (Å²) in [7, 11) is 3.40. The Hall–Kier alpha value is -3.34. The highest BCUT2D eigenvalue weighted by Crippen LogP contribution is 2.23. The van der Waals surface area contributed by atoms with Gasteiger partial charge in [-0.3, -0.25) is 9.48 Å². The summed E-state index contributed by atoms with van der Waals surface area (Å²) in [5.74, 6) is 1.46. The van der Waals surface area contributed by atoms with E-state index in [1.54, 1.807) is 37.1 Å². The van der Waals surface area contributed by atoms with Crippen LogP contribution in [-0.4, -0.2) is 22.7 Å². The van der Waals surface area contributed by atoms with E-state index in [9.17, 15) is 4.79 Å². The molecule has 5 nitrogen and oxygen atoms in total. The first-order chi connectivity index (χ1) is 13.5. The van der Waals surface area contributed by atoms with Crippen LogP contribution in [0.2, 0.25) is 0 Å². The lowest BCUT2D eigenvalue weighted by Crippen LogP contribution is -2.04. The zero-order valence-electron chi connectivity index (χ0n) is 16.6. The van der Waals surface area contributed by atoms with Crippen LogP contribution >= 0.6 is 0 Å². The first kappa shape index (κ1) is 19.4. The second-order valence-corrected chi connectivity index (χ2v) is 6.67. The molecule has 28 heavy (non-hydrogen) atoms. The average Bonchev–Trinajstić information content (AvgIpc) is 3.04. The quantitative estimate of drug-likeness (QED) is 0.449. The molecule has 1 heterocycles. The fourth-order valence-electron chi connectivity index (χ4n) is 2.91. The molecule has 0 fully saturated rings. The van der Waals surface area contributed by atoms with Crippen molar-refractivity contribution in [2.45, 2.75) is 20.5 Å². The summed E-state index contributed by atoms with van der Waals surface area (Å²) in [6.07, 6.45) is 3.35. The highest BCUT2D eigenvalue weighted by molar-refractivity contribution is 6.05. The summed E-state index contributed by atoms with van der Waals surface area (Å²) < 4.78 is 12.9. The Labute approximate surface area is 165 Å². The van der Waals surface area contributed by atoms with Gasteiger partial charge in [0.1, 0.15) is 23.8 Å². The second kappa shape index (κ2) is 8.57. The summed E-state index contributed by atoms with van der Waals surface area (Å²) in [5, 5.41) is 4.21. The first-order valence-corrected chi connectivity index (χ1v) is 9.05. The molecule has 0 atom stereocenters. The lowest BCUT2D eigenvalue weighted by Gasteiger charge is -2.11. The number of aromatic nitrogens is 2. The van der Waals surface area contributed by atoms with Gasteiger partial charge in [-0.05, 0) is 55.8 Å². The third-order valence-electron chi connectivity index (χ3n) is 4.40. The van der Waals surface area contributed by atoms with Gasteiger partial charge in [-0.2, -0.15) is 5.10 Å². The van der Waals surface area contributed by atoms with Crippen LogP contribution in [0.1, 0.15) is 32.9 Å². The van der Waals surface area contributed by atoms with E-state index in [-0.39, 0.29) is 5.78 Å². The van der Waals surface area contributed by atoms with Crippen molar-refractivity contribution in [2.24, 2.45) is 7.05 Å². The first-order valence-electron chi connectivity index (χ1n) is 9.05. The molecule has 0 N–H and O–H groups in total. The van der Waals surface area contributed by atoms with Crippen LogP contribution in [0.25, 0.3) is 6.08 Å². The summed E-state index contributed by atoms with van der Waals surface area (Å²) in [4.78, 5) is 12.4. The number of allylic oxidation sites excluding steroid dienone is 1. The smallest absolute Gasteiger partial charge is 0.203 e. The number of aryl methyl sites for hydroxylation is 3. The molecule has 5 heteroatoms. The number of nitrogens with zero attached hydrogens (tertiary/aromatic N) is 2. The van der Waals surface area contributed by atoms with Crippen LogP contribution in [0.5, 0.6) is 11.5 Å². The number of hydrogen-bond donors (Lipinski definition) is 0. The van der Waals surface area contributed by atoms with Crippen molar-refractivity contribution in [3.8, 4) is 11.5 Å². The Bertz CT molecular complexity index is 1000. The number of carbonyl (C=O) groups is 1. The van der Waals surface area contributed by atoms with E-state index in [0.29, 0.717) is 12.3 Å². The minimum Gasteiger partial charge on any atom is -0.496 e. The van der Waals surface area contributed by atoms with Gasteiger partial charge in [0.25, 0.3) is 0 Å². The maximum atomic E-state index is 12.4. The molecule has 0 saturated heterocycles. The topological polar surface area (TPSA) is 53.3 Å². The third kappa shape index (κ3) is 4.68. The van der Waals surface area contributed by atoms with Crippen molar-refractivity contribution in [1.82, 2.24) is 9.78 Å². The van der Waals surface area contributed by atoms with E-state index >= 15 is 0 Å². The minimum absolute atomic E-state index is 0.0867. The Morgan fingerprint density at radius 1 is 1.11 bits per heavy atom. The van der Waals surface area contributed by atoms with Crippen molar-refractivity contribution in [3.63, 3.8) is 0 Å². The number of rotatable bonds is 7. The molecule has 2 aromatic carbocycles. The van der Waals surface area contributed by atoms with Gasteiger partial charge in [0.05, 0.1) is 12.8 Å². The fourth-order valence-corrected chi connectivity index (χ4v) is 2.91. The van der Waals surface area contributed by atoms with Gasteiger partial charge in [-0.25, -0.2) is 0 Å². The molecule has 0 radical (unpaired) electrons. The molecule has 0 aliphatic rings. The second-order valence-electron chi connectivity index (χ2n) is 6.67. The minimum atomic E-state index is -0.0867. The van der Waals surface area contributed by atoms with E-state index in [4.69, 9.17) is 9.47 Å². The Balaban J connectivity index is 1.75. The molecule has 144 valence electrons. The molecule has 0 amide bonds. The Morgan fingerprint density at radius 3 is 2.50 bits per heavy atom. The number of carbonyl (C=O) groups excluding carboxylic acids is 1. The van der Waals surface area contributed by atoms with Gasteiger partial charge in [0, 0.05) is 12.6 Å². The van der Waals surface area contributed by atoms with E-state index < -0.39 is 0 Å². The summed E-state index contributed by atoms with van der Waals surface area (Å²) in [5.41, 5.74) is 4.37. The van der Waals surface area contributed by atoms with E-state index in [2.05, 4.69) is 5.10 Å². The summed E-state index contributed by atoms with van der Waals surface area (Å²) in [6.45, 7) is 4.28. The highest BCUT2D eigenvalue weighted by atomic mass is 16.5. The van der Waals surface area contributed by atoms with Gasteiger partial charge in [-0.15, -0.1) is 0 Å². The van der Waals surface area contributed by atoms with E-state index in [1.807, 2.05) is 56.3 Å². The molecule has 0 bridgehead atoms. The largest absolute Gasteiger partial charge is 0.496 e. The van der Waals surface area contributed by atoms with Crippen molar-refractivity contribution in [1.29, 1.82) is 0 Å². The molecule has 0 aliphatic heterocycles. The molecule has 0 aliphatic carbocycles. The highest BCUT2D eigenvalue weighted by Gasteiger charge is 2.09. The van der Waals surface area contributed by atoms with Crippen LogP contribution in [-0.2, 0) is 13.7 Å². The number of benzene rings is 2. The molecule has 0 unspecified atom stereocenters. The molecule has 0 spiro atoms. The molecular weight excluding hydrogens is 352 g/mol. The van der Waals surface area contributed by atoms with Crippen molar-refractivity contribution in [2.75, 3.05) is 7.11 Å². The van der Waals surface area contributed by atoms with Crippen LogP contribution < -0.4 is 9.47 Å². The molecule has 3 aromatic rings. The van der Waals surface area contributed by atoms with Gasteiger partial charge >= 0.3 is 0 Å². The van der Waals surface area contributed by atoms with Gasteiger partial charge in [0.15, 0.2) is 0 Å².